The quantitative estimate of drug-likeness (QED) is 0.140. The topological polar surface area (TPSA) is 111 Å². The number of benzene rings is 3. The van der Waals surface area contributed by atoms with Crippen LogP contribution in [0.25, 0.3) is 22.2 Å². The van der Waals surface area contributed by atoms with Crippen molar-refractivity contribution in [1.82, 2.24) is 15.0 Å². The summed E-state index contributed by atoms with van der Waals surface area (Å²) in [6, 6.07) is 22.0. The molecule has 5 rings (SSSR count). The molecule has 0 radical (unpaired) electrons. The van der Waals surface area contributed by atoms with Crippen molar-refractivity contribution in [2.24, 2.45) is 0 Å². The van der Waals surface area contributed by atoms with Crippen molar-refractivity contribution in [3.8, 4) is 22.9 Å². The number of ether oxygens (including phenoxy) is 1. The number of hydrogen-bond donors (Lipinski definition) is 2. The summed E-state index contributed by atoms with van der Waals surface area (Å²) in [5, 5.41) is 31.4. The highest BCUT2D eigenvalue weighted by atomic mass is 35.5. The Kier molecular flexibility index (Phi) is 10.8. The molecular formula is C28H28Cl3N5O4. The second kappa shape index (κ2) is 14.0. The van der Waals surface area contributed by atoms with Crippen LogP contribution in [0.3, 0.4) is 0 Å². The average molecular weight is 605 g/mol. The molecule has 0 amide bonds. The molecule has 210 valence electrons. The molecule has 2 aromatic heterocycles. The Labute approximate surface area is 248 Å². The highest BCUT2D eigenvalue weighted by Gasteiger charge is 2.23. The smallest absolute Gasteiger partial charge is 0.402 e. The summed E-state index contributed by atoms with van der Waals surface area (Å²) >= 11 is 6.11. The molecule has 5 aromatic rings. The van der Waals surface area contributed by atoms with Crippen LogP contribution in [0.5, 0.6) is 11.6 Å². The van der Waals surface area contributed by atoms with Gasteiger partial charge < -0.3 is 20.4 Å². The molecule has 0 aliphatic rings. The third-order valence-electron chi connectivity index (χ3n) is 6.18. The minimum atomic E-state index is 0. The minimum Gasteiger partial charge on any atom is -0.508 e. The number of halogens is 3. The van der Waals surface area contributed by atoms with Gasteiger partial charge in [-0.1, -0.05) is 48.9 Å². The third-order valence-corrected chi connectivity index (χ3v) is 6.42. The number of nitrogens with one attached hydrogen (secondary N) is 1. The zero-order chi connectivity index (χ0) is 26.5. The lowest BCUT2D eigenvalue weighted by Gasteiger charge is -2.21. The van der Waals surface area contributed by atoms with E-state index in [1.165, 1.54) is 0 Å². The van der Waals surface area contributed by atoms with E-state index >= 15 is 0 Å². The Balaban J connectivity index is 0.00000220. The lowest BCUT2D eigenvalue weighted by atomic mass is 10.1. The van der Waals surface area contributed by atoms with Crippen molar-refractivity contribution in [3.05, 3.63) is 94.8 Å². The van der Waals surface area contributed by atoms with Gasteiger partial charge in [-0.05, 0) is 53.9 Å². The molecule has 0 aliphatic carbocycles. The van der Waals surface area contributed by atoms with Crippen LogP contribution in [0.2, 0.25) is 5.02 Å². The van der Waals surface area contributed by atoms with E-state index < -0.39 is 0 Å². The van der Waals surface area contributed by atoms with Crippen LogP contribution in [0.15, 0.2) is 83.6 Å². The number of anilines is 2. The van der Waals surface area contributed by atoms with E-state index in [4.69, 9.17) is 21.0 Å². The van der Waals surface area contributed by atoms with Crippen LogP contribution in [0, 0.1) is 5.21 Å². The van der Waals surface area contributed by atoms with Gasteiger partial charge in [0, 0.05) is 52.2 Å². The van der Waals surface area contributed by atoms with Gasteiger partial charge in [-0.15, -0.1) is 24.8 Å². The monoisotopic (exact) mass is 603 g/mol. The van der Waals surface area contributed by atoms with Crippen LogP contribution < -0.4 is 15.0 Å². The summed E-state index contributed by atoms with van der Waals surface area (Å²) in [5.41, 5.74) is 4.18. The maximum atomic E-state index is 12.1. The molecule has 0 bridgehead atoms. The molecule has 0 atom stereocenters. The zero-order valence-electron chi connectivity index (χ0n) is 21.5. The van der Waals surface area contributed by atoms with Crippen LogP contribution in [0.4, 0.5) is 11.4 Å². The summed E-state index contributed by atoms with van der Waals surface area (Å²) in [6.45, 7) is 4.08. The van der Waals surface area contributed by atoms with Crippen molar-refractivity contribution < 1.29 is 19.4 Å². The molecule has 0 saturated carbocycles. The molecule has 12 heteroatoms. The number of phenols is 1. The van der Waals surface area contributed by atoms with Gasteiger partial charge in [0.1, 0.15) is 12.4 Å². The molecule has 0 spiro atoms. The standard InChI is InChI=1S/C28H26ClN5O4.2ClH/c1-2-33(14-15-37-28-27(34(36)38-32-28)19-6-4-3-5-7-19)18-20-16-22(9-11-26(20)35)31-24-12-13-30-25-17-21(29)8-10-23(24)25;;/h3-13,16-17,35H,2,14-15,18H2,1H3,(H,30,31);2*1H. The normalized spacial score (nSPS) is 10.7. The van der Waals surface area contributed by atoms with E-state index in [2.05, 4.69) is 20.4 Å². The Hall–Kier alpha value is -3.76. The number of aromatic nitrogens is 3. The number of aromatic hydroxyl groups is 1. The second-order valence-electron chi connectivity index (χ2n) is 8.66. The largest absolute Gasteiger partial charge is 0.508 e. The predicted octanol–water partition coefficient (Wildman–Crippen LogP) is 6.37. The SMILES string of the molecule is CCN(CCOc1no[n+]([O-])c1-c1ccccc1)Cc1cc(Nc2ccnc3cc(Cl)ccc23)ccc1O.Cl.Cl. The first-order chi connectivity index (χ1) is 18.5. The van der Waals surface area contributed by atoms with E-state index in [9.17, 15) is 10.3 Å². The number of rotatable bonds is 10. The molecule has 0 unspecified atom stereocenters. The number of nitrogens with zero attached hydrogens (tertiary/aromatic N) is 4. The van der Waals surface area contributed by atoms with E-state index in [0.29, 0.717) is 28.6 Å². The van der Waals surface area contributed by atoms with Gasteiger partial charge in [0.2, 0.25) is 0 Å². The number of likely N-dealkylation sites (N-methyl/N-ethyl adjacent to an activating group) is 1. The van der Waals surface area contributed by atoms with E-state index in [-0.39, 0.29) is 48.7 Å². The first-order valence-electron chi connectivity index (χ1n) is 12.2. The molecule has 0 fully saturated rings. The second-order valence-corrected chi connectivity index (χ2v) is 9.09. The fraction of sp³-hybridized carbons (Fsp3) is 0.179. The summed E-state index contributed by atoms with van der Waals surface area (Å²) in [6.07, 6.45) is 1.73. The third kappa shape index (κ3) is 7.05. The molecule has 40 heavy (non-hydrogen) atoms. The van der Waals surface area contributed by atoms with E-state index in [1.54, 1.807) is 24.4 Å². The maximum absolute atomic E-state index is 12.1. The first-order valence-corrected chi connectivity index (χ1v) is 12.5. The highest BCUT2D eigenvalue weighted by molar-refractivity contribution is 6.31. The maximum Gasteiger partial charge on any atom is 0.402 e. The van der Waals surface area contributed by atoms with Crippen molar-refractivity contribution in [2.45, 2.75) is 13.5 Å². The molecule has 0 aliphatic heterocycles. The molecule has 0 saturated heterocycles. The Morgan fingerprint density at radius 2 is 1.88 bits per heavy atom. The van der Waals surface area contributed by atoms with Crippen molar-refractivity contribution >= 4 is 58.7 Å². The number of pyridine rings is 1. The average Bonchev–Trinajstić information content (AvgIpc) is 3.30. The van der Waals surface area contributed by atoms with Crippen molar-refractivity contribution in [3.63, 3.8) is 0 Å². The summed E-state index contributed by atoms with van der Waals surface area (Å²) in [7, 11) is 0. The van der Waals surface area contributed by atoms with Crippen LogP contribution in [0.1, 0.15) is 12.5 Å². The highest BCUT2D eigenvalue weighted by Crippen LogP contribution is 2.30. The van der Waals surface area contributed by atoms with Crippen LogP contribution in [-0.2, 0) is 6.54 Å². The summed E-state index contributed by atoms with van der Waals surface area (Å²) in [5.74, 6) is 0.346. The number of phenolic OH excluding ortho intramolecular Hbond substituents is 1. The number of hydrogen-bond acceptors (Lipinski definition) is 8. The zero-order valence-corrected chi connectivity index (χ0v) is 23.9. The molecular weight excluding hydrogens is 577 g/mol. The Morgan fingerprint density at radius 3 is 2.65 bits per heavy atom. The van der Waals surface area contributed by atoms with Gasteiger partial charge >= 0.3 is 5.88 Å². The van der Waals surface area contributed by atoms with Gasteiger partial charge in [-0.2, -0.15) is 0 Å². The summed E-state index contributed by atoms with van der Waals surface area (Å²) < 4.78 is 10.6. The van der Waals surface area contributed by atoms with Crippen LogP contribution in [-0.4, -0.2) is 39.8 Å². The predicted molar refractivity (Wildman–Crippen MR) is 160 cm³/mol. The lowest BCUT2D eigenvalue weighted by molar-refractivity contribution is -0.793. The van der Waals surface area contributed by atoms with E-state index in [1.807, 2.05) is 61.5 Å². The number of fused-ring (bicyclic) bond motifs is 1. The summed E-state index contributed by atoms with van der Waals surface area (Å²) in [4.78, 5) is 6.86. The van der Waals surface area contributed by atoms with Crippen molar-refractivity contribution in [2.75, 3.05) is 25.0 Å². The lowest BCUT2D eigenvalue weighted by Crippen LogP contribution is -2.28. The van der Waals surface area contributed by atoms with Gasteiger partial charge in [-0.3, -0.25) is 14.5 Å². The minimum absolute atomic E-state index is 0. The van der Waals surface area contributed by atoms with Gasteiger partial charge in [-0.25, -0.2) is 0 Å². The fourth-order valence-corrected chi connectivity index (χ4v) is 4.36. The van der Waals surface area contributed by atoms with Gasteiger partial charge in [0.15, 0.2) is 0 Å². The van der Waals surface area contributed by atoms with Crippen LogP contribution >= 0.6 is 36.4 Å². The molecule has 2 N–H and O–H groups in total. The molecule has 9 nitrogen and oxygen atoms in total. The van der Waals surface area contributed by atoms with Gasteiger partial charge in [0.25, 0.3) is 5.69 Å². The Morgan fingerprint density at radius 1 is 1.07 bits per heavy atom. The Bertz CT molecular complexity index is 1550. The van der Waals surface area contributed by atoms with Crippen molar-refractivity contribution in [1.29, 1.82) is 0 Å². The molecule has 2 heterocycles. The first kappa shape index (κ1) is 30.8. The van der Waals surface area contributed by atoms with Gasteiger partial charge in [0.05, 0.1) is 10.7 Å². The molecule has 3 aromatic carbocycles. The fourth-order valence-electron chi connectivity index (χ4n) is 4.19. The van der Waals surface area contributed by atoms with E-state index in [0.717, 1.165) is 34.4 Å².